The van der Waals surface area contributed by atoms with Crippen LogP contribution in [0.3, 0.4) is 0 Å². The van der Waals surface area contributed by atoms with E-state index in [0.717, 1.165) is 11.1 Å². The molecule has 2 N–H and O–H groups in total. The number of aliphatic imine (C=N–C) groups is 1. The summed E-state index contributed by atoms with van der Waals surface area (Å²) in [5.74, 6) is 0.940. The third-order valence-corrected chi connectivity index (χ3v) is 5.72. The molecule has 2 aromatic carbocycles. The number of fused-ring (bicyclic) bond motifs is 3. The van der Waals surface area contributed by atoms with E-state index >= 15 is 0 Å². The second-order valence-corrected chi connectivity index (χ2v) is 7.16. The third kappa shape index (κ3) is 2.72. The topological polar surface area (TPSA) is 38.4 Å². The van der Waals surface area contributed by atoms with Gasteiger partial charge in [0.05, 0.1) is 5.70 Å². The van der Waals surface area contributed by atoms with Gasteiger partial charge in [-0.1, -0.05) is 67.3 Å². The van der Waals surface area contributed by atoms with E-state index in [1.807, 2.05) is 48.2 Å². The lowest BCUT2D eigenvalue weighted by molar-refractivity contribution is 0.880. The van der Waals surface area contributed by atoms with Crippen molar-refractivity contribution in [1.29, 1.82) is 0 Å². The first-order valence-electron chi connectivity index (χ1n) is 7.97. The van der Waals surface area contributed by atoms with Crippen LogP contribution in [0.2, 0.25) is 0 Å². The number of hydrogen-bond donors (Lipinski definition) is 1. The molecular formula is C21H18N2S. The highest BCUT2D eigenvalue weighted by atomic mass is 32.2. The molecule has 3 heteroatoms. The second-order valence-electron chi connectivity index (χ2n) is 5.94. The maximum atomic E-state index is 6.25. The van der Waals surface area contributed by atoms with Crippen LogP contribution in [0.15, 0.2) is 89.3 Å². The predicted octanol–water partition coefficient (Wildman–Crippen LogP) is 4.75. The molecule has 1 aliphatic carbocycles. The number of amidine groups is 1. The van der Waals surface area contributed by atoms with E-state index in [9.17, 15) is 0 Å². The summed E-state index contributed by atoms with van der Waals surface area (Å²) < 4.78 is 0. The molecule has 4 rings (SSSR count). The lowest BCUT2D eigenvalue weighted by atomic mass is 9.91. The number of hydrogen-bond acceptors (Lipinski definition) is 2. The van der Waals surface area contributed by atoms with E-state index in [0.29, 0.717) is 22.7 Å². The first-order chi connectivity index (χ1) is 11.7. The van der Waals surface area contributed by atoms with Crippen LogP contribution in [0.4, 0.5) is 0 Å². The Morgan fingerprint density at radius 3 is 2.62 bits per heavy atom. The molecule has 0 bridgehead atoms. The van der Waals surface area contributed by atoms with Gasteiger partial charge in [-0.3, -0.25) is 0 Å². The van der Waals surface area contributed by atoms with Gasteiger partial charge in [0.2, 0.25) is 0 Å². The summed E-state index contributed by atoms with van der Waals surface area (Å²) in [6.45, 7) is 4.04. The largest absolute Gasteiger partial charge is 0.383 e. The van der Waals surface area contributed by atoms with Crippen LogP contribution in [0, 0.1) is 0 Å². The SMILES string of the molecule is C=C(N=C(N)c1ccc2c(c1)C1C=CC=CC1S2)c1ccccc1. The fourth-order valence-corrected chi connectivity index (χ4v) is 4.43. The van der Waals surface area contributed by atoms with Crippen molar-refractivity contribution < 1.29 is 0 Å². The molecule has 0 fully saturated rings. The molecule has 0 saturated heterocycles. The smallest absolute Gasteiger partial charge is 0.131 e. The van der Waals surface area contributed by atoms with Gasteiger partial charge < -0.3 is 5.73 Å². The van der Waals surface area contributed by atoms with Crippen molar-refractivity contribution in [2.75, 3.05) is 0 Å². The summed E-state index contributed by atoms with van der Waals surface area (Å²) in [6.07, 6.45) is 8.78. The standard InChI is InChI=1S/C21H18N2S/c1-14(15-7-3-2-4-8-15)23-21(22)16-11-12-20-18(13-16)17-9-5-6-10-19(17)24-20/h2-13,17,19H,1H2,(H2,22,23). The number of thioether (sulfide) groups is 1. The van der Waals surface area contributed by atoms with Gasteiger partial charge in [0, 0.05) is 21.6 Å². The van der Waals surface area contributed by atoms with Crippen LogP contribution in [-0.2, 0) is 0 Å². The summed E-state index contributed by atoms with van der Waals surface area (Å²) in [5.41, 5.74) is 10.2. The van der Waals surface area contributed by atoms with Crippen molar-refractivity contribution in [1.82, 2.24) is 0 Å². The fraction of sp³-hybridized carbons (Fsp3) is 0.0952. The van der Waals surface area contributed by atoms with Gasteiger partial charge in [-0.05, 0) is 23.3 Å². The van der Waals surface area contributed by atoms with Gasteiger partial charge in [0.1, 0.15) is 5.84 Å². The van der Waals surface area contributed by atoms with E-state index in [-0.39, 0.29) is 0 Å². The average Bonchev–Trinajstić information content (AvgIpc) is 3.00. The highest BCUT2D eigenvalue weighted by Crippen LogP contribution is 2.48. The minimum Gasteiger partial charge on any atom is -0.383 e. The summed E-state index contributed by atoms with van der Waals surface area (Å²) in [6, 6.07) is 16.3. The molecule has 24 heavy (non-hydrogen) atoms. The Kier molecular flexibility index (Phi) is 3.87. The maximum Gasteiger partial charge on any atom is 0.131 e. The fourth-order valence-electron chi connectivity index (χ4n) is 3.11. The van der Waals surface area contributed by atoms with Crippen molar-refractivity contribution in [2.24, 2.45) is 10.7 Å². The first kappa shape index (κ1) is 15.0. The van der Waals surface area contributed by atoms with Crippen molar-refractivity contribution in [3.05, 3.63) is 96.1 Å². The molecule has 0 spiro atoms. The zero-order valence-electron chi connectivity index (χ0n) is 13.2. The first-order valence-corrected chi connectivity index (χ1v) is 8.85. The van der Waals surface area contributed by atoms with E-state index in [2.05, 4.69) is 48.0 Å². The van der Waals surface area contributed by atoms with Gasteiger partial charge >= 0.3 is 0 Å². The summed E-state index contributed by atoms with van der Waals surface area (Å²) in [7, 11) is 0. The van der Waals surface area contributed by atoms with Crippen LogP contribution >= 0.6 is 11.8 Å². The third-order valence-electron chi connectivity index (χ3n) is 4.37. The number of allylic oxidation sites excluding steroid dienone is 3. The zero-order valence-corrected chi connectivity index (χ0v) is 14.0. The van der Waals surface area contributed by atoms with Crippen molar-refractivity contribution in [2.45, 2.75) is 16.1 Å². The van der Waals surface area contributed by atoms with Gasteiger partial charge in [-0.25, -0.2) is 4.99 Å². The number of benzene rings is 2. The van der Waals surface area contributed by atoms with Crippen molar-refractivity contribution in [3.63, 3.8) is 0 Å². The molecule has 0 aromatic heterocycles. The van der Waals surface area contributed by atoms with Crippen LogP contribution in [-0.4, -0.2) is 11.1 Å². The predicted molar refractivity (Wildman–Crippen MR) is 103 cm³/mol. The van der Waals surface area contributed by atoms with Crippen LogP contribution in [0.25, 0.3) is 5.70 Å². The second kappa shape index (κ2) is 6.17. The van der Waals surface area contributed by atoms with Crippen LogP contribution < -0.4 is 5.73 Å². The molecule has 2 unspecified atom stereocenters. The molecule has 1 aliphatic heterocycles. The van der Waals surface area contributed by atoms with E-state index in [1.165, 1.54) is 10.5 Å². The molecule has 2 atom stereocenters. The summed E-state index contributed by atoms with van der Waals surface area (Å²) in [4.78, 5) is 5.84. The number of rotatable bonds is 3. The van der Waals surface area contributed by atoms with Gasteiger partial charge in [-0.15, -0.1) is 11.8 Å². The lowest BCUT2D eigenvalue weighted by Crippen LogP contribution is -2.14. The minimum atomic E-state index is 0.431. The Hall–Kier alpha value is -2.52. The Bertz CT molecular complexity index is 878. The Morgan fingerprint density at radius 1 is 1.00 bits per heavy atom. The Morgan fingerprint density at radius 2 is 1.79 bits per heavy atom. The zero-order chi connectivity index (χ0) is 16.5. The quantitative estimate of drug-likeness (QED) is 0.651. The average molecular weight is 330 g/mol. The van der Waals surface area contributed by atoms with Gasteiger partial charge in [0.15, 0.2) is 0 Å². The summed E-state index contributed by atoms with van der Waals surface area (Å²) >= 11 is 1.91. The van der Waals surface area contributed by atoms with E-state index in [4.69, 9.17) is 5.73 Å². The van der Waals surface area contributed by atoms with Crippen LogP contribution in [0.5, 0.6) is 0 Å². The Balaban J connectivity index is 1.64. The maximum absolute atomic E-state index is 6.25. The number of nitrogens with zero attached hydrogens (tertiary/aromatic N) is 1. The van der Waals surface area contributed by atoms with Crippen molar-refractivity contribution >= 4 is 23.3 Å². The molecule has 1 heterocycles. The number of nitrogens with two attached hydrogens (primary N) is 1. The molecular weight excluding hydrogens is 312 g/mol. The summed E-state index contributed by atoms with van der Waals surface area (Å²) in [5, 5.41) is 0.498. The van der Waals surface area contributed by atoms with E-state index < -0.39 is 0 Å². The van der Waals surface area contributed by atoms with Crippen LogP contribution in [0.1, 0.15) is 22.6 Å². The molecule has 118 valence electrons. The lowest BCUT2D eigenvalue weighted by Gasteiger charge is -2.15. The van der Waals surface area contributed by atoms with Gasteiger partial charge in [-0.2, -0.15) is 0 Å². The molecule has 2 aromatic rings. The van der Waals surface area contributed by atoms with Crippen molar-refractivity contribution in [3.8, 4) is 0 Å². The monoisotopic (exact) mass is 330 g/mol. The molecule has 0 radical (unpaired) electrons. The molecule has 2 aliphatic rings. The highest BCUT2D eigenvalue weighted by Gasteiger charge is 2.31. The normalized spacial score (nSPS) is 21.4. The molecule has 0 saturated carbocycles. The Labute approximate surface area is 146 Å². The minimum absolute atomic E-state index is 0.431. The highest BCUT2D eigenvalue weighted by molar-refractivity contribution is 8.00. The van der Waals surface area contributed by atoms with Gasteiger partial charge in [0.25, 0.3) is 0 Å². The molecule has 0 amide bonds. The molecule has 2 nitrogen and oxygen atoms in total. The van der Waals surface area contributed by atoms with E-state index in [1.54, 1.807) is 0 Å².